The van der Waals surface area contributed by atoms with Crippen LogP contribution in [0.3, 0.4) is 0 Å². The van der Waals surface area contributed by atoms with Gasteiger partial charge in [0.05, 0.1) is 11.4 Å². The van der Waals surface area contributed by atoms with Crippen molar-refractivity contribution in [2.75, 3.05) is 16.8 Å². The van der Waals surface area contributed by atoms with E-state index >= 15 is 0 Å². The van der Waals surface area contributed by atoms with E-state index in [1.807, 2.05) is 72.2 Å². The number of nitrogens with zero attached hydrogens (tertiary/aromatic N) is 3. The van der Waals surface area contributed by atoms with Crippen molar-refractivity contribution in [1.29, 1.82) is 0 Å². The highest BCUT2D eigenvalue weighted by molar-refractivity contribution is 6.09. The van der Waals surface area contributed by atoms with Gasteiger partial charge in [0.1, 0.15) is 0 Å². The first-order valence-corrected chi connectivity index (χ1v) is 10.9. The van der Waals surface area contributed by atoms with Gasteiger partial charge in [0.15, 0.2) is 0 Å². The summed E-state index contributed by atoms with van der Waals surface area (Å²) in [5.41, 5.74) is 6.64. The molecule has 0 saturated carbocycles. The van der Waals surface area contributed by atoms with Gasteiger partial charge in [-0.15, -0.1) is 0 Å². The Morgan fingerprint density at radius 2 is 1.67 bits per heavy atom. The number of benzene rings is 3. The number of anilines is 2. The second-order valence-corrected chi connectivity index (χ2v) is 8.25. The van der Waals surface area contributed by atoms with Crippen LogP contribution in [0.25, 0.3) is 11.3 Å². The Kier molecular flexibility index (Phi) is 5.26. The van der Waals surface area contributed by atoms with Crippen LogP contribution in [0.5, 0.6) is 0 Å². The van der Waals surface area contributed by atoms with E-state index in [0.29, 0.717) is 23.4 Å². The molecule has 0 spiro atoms. The lowest BCUT2D eigenvalue weighted by molar-refractivity contribution is 0.0986. The second-order valence-electron chi connectivity index (χ2n) is 8.25. The largest absolute Gasteiger partial charge is 0.322 e. The predicted molar refractivity (Wildman–Crippen MR) is 130 cm³/mol. The van der Waals surface area contributed by atoms with Crippen LogP contribution in [0, 0.1) is 6.92 Å². The lowest BCUT2D eigenvalue weighted by Crippen LogP contribution is -2.32. The number of carbonyl (C=O) groups excluding carboxylic acids is 2. The monoisotopic (exact) mass is 436 g/mol. The van der Waals surface area contributed by atoms with Crippen LogP contribution in [0.1, 0.15) is 31.8 Å². The molecule has 0 unspecified atom stereocenters. The molecule has 0 atom stereocenters. The summed E-state index contributed by atoms with van der Waals surface area (Å²) in [4.78, 5) is 27.9. The fraction of sp³-hybridized carbons (Fsp3) is 0.148. The maximum Gasteiger partial charge on any atom is 0.258 e. The van der Waals surface area contributed by atoms with Gasteiger partial charge in [-0.3, -0.25) is 14.3 Å². The van der Waals surface area contributed by atoms with E-state index < -0.39 is 0 Å². The Bertz CT molecular complexity index is 1350. The Hall–Kier alpha value is -4.19. The average molecular weight is 437 g/mol. The first-order chi connectivity index (χ1) is 16.0. The number of rotatable bonds is 3. The van der Waals surface area contributed by atoms with Crippen molar-refractivity contribution in [2.45, 2.75) is 13.3 Å². The molecule has 6 heteroatoms. The molecule has 2 amide bonds. The summed E-state index contributed by atoms with van der Waals surface area (Å²) in [5.74, 6) is -0.243. The van der Waals surface area contributed by atoms with Crippen LogP contribution in [0.2, 0.25) is 0 Å². The van der Waals surface area contributed by atoms with Crippen molar-refractivity contribution in [3.05, 3.63) is 101 Å². The zero-order chi connectivity index (χ0) is 22.9. The summed E-state index contributed by atoms with van der Waals surface area (Å²) in [6.45, 7) is 2.48. The van der Waals surface area contributed by atoms with Gasteiger partial charge in [-0.05, 0) is 60.9 Å². The van der Waals surface area contributed by atoms with Crippen molar-refractivity contribution in [3.8, 4) is 11.3 Å². The summed E-state index contributed by atoms with van der Waals surface area (Å²) >= 11 is 0. The molecule has 0 bridgehead atoms. The minimum Gasteiger partial charge on any atom is -0.322 e. The molecule has 0 aliphatic carbocycles. The van der Waals surface area contributed by atoms with Gasteiger partial charge in [0.2, 0.25) is 0 Å². The molecule has 6 nitrogen and oxygen atoms in total. The molecule has 164 valence electrons. The van der Waals surface area contributed by atoms with Gasteiger partial charge < -0.3 is 10.2 Å². The number of hydrogen-bond donors (Lipinski definition) is 1. The zero-order valence-corrected chi connectivity index (χ0v) is 18.6. The molecule has 3 aromatic carbocycles. The Morgan fingerprint density at radius 3 is 2.45 bits per heavy atom. The standard InChI is InChI=1S/C27H24N4O2/c1-18-7-3-4-8-22(18)26(32)28-21-13-11-19(12-14-21)27(33)31-16-15-20-17-30(2)29-25(20)23-9-5-6-10-24(23)31/h3-14,17H,15-16H2,1-2H3,(H,28,32). The van der Waals surface area contributed by atoms with Crippen LogP contribution >= 0.6 is 0 Å². The fourth-order valence-corrected chi connectivity index (χ4v) is 4.30. The second kappa shape index (κ2) is 8.39. The number of nitrogens with one attached hydrogen (secondary N) is 1. The van der Waals surface area contributed by atoms with Gasteiger partial charge in [-0.2, -0.15) is 5.10 Å². The molecular weight excluding hydrogens is 412 g/mol. The van der Waals surface area contributed by atoms with E-state index in [2.05, 4.69) is 10.4 Å². The van der Waals surface area contributed by atoms with Gasteiger partial charge >= 0.3 is 0 Å². The lowest BCUT2D eigenvalue weighted by Gasteiger charge is -2.23. The number of amides is 2. The van der Waals surface area contributed by atoms with E-state index in [0.717, 1.165) is 34.5 Å². The van der Waals surface area contributed by atoms with Gasteiger partial charge in [-0.1, -0.05) is 36.4 Å². The summed E-state index contributed by atoms with van der Waals surface area (Å²) < 4.78 is 1.82. The Balaban J connectivity index is 1.39. The minimum absolute atomic E-state index is 0.0752. The van der Waals surface area contributed by atoms with Crippen molar-refractivity contribution in [1.82, 2.24) is 9.78 Å². The van der Waals surface area contributed by atoms with Crippen molar-refractivity contribution in [3.63, 3.8) is 0 Å². The first-order valence-electron chi connectivity index (χ1n) is 10.9. The van der Waals surface area contributed by atoms with E-state index in [-0.39, 0.29) is 11.8 Å². The normalized spacial score (nSPS) is 12.5. The molecule has 0 radical (unpaired) electrons. The van der Waals surface area contributed by atoms with Gasteiger partial charge in [-0.25, -0.2) is 0 Å². The lowest BCUT2D eigenvalue weighted by atomic mass is 10.1. The zero-order valence-electron chi connectivity index (χ0n) is 18.6. The molecule has 1 aromatic heterocycles. The quantitative estimate of drug-likeness (QED) is 0.499. The number of fused-ring (bicyclic) bond motifs is 3. The summed E-state index contributed by atoms with van der Waals surface area (Å²) in [5, 5.41) is 7.54. The van der Waals surface area contributed by atoms with E-state index in [9.17, 15) is 9.59 Å². The highest BCUT2D eigenvalue weighted by Crippen LogP contribution is 2.36. The third-order valence-electron chi connectivity index (χ3n) is 5.98. The molecule has 4 aromatic rings. The van der Waals surface area contributed by atoms with Crippen LogP contribution < -0.4 is 10.2 Å². The van der Waals surface area contributed by atoms with Crippen LogP contribution in [-0.4, -0.2) is 28.1 Å². The van der Waals surface area contributed by atoms with Gasteiger partial charge in [0, 0.05) is 42.2 Å². The summed E-state index contributed by atoms with van der Waals surface area (Å²) in [6.07, 6.45) is 2.75. The van der Waals surface area contributed by atoms with Crippen LogP contribution in [0.15, 0.2) is 79.0 Å². The van der Waals surface area contributed by atoms with Crippen molar-refractivity contribution >= 4 is 23.2 Å². The molecule has 1 aliphatic rings. The first kappa shape index (κ1) is 20.7. The predicted octanol–water partition coefficient (Wildman–Crippen LogP) is 4.85. The molecule has 1 aliphatic heterocycles. The highest BCUT2D eigenvalue weighted by atomic mass is 16.2. The highest BCUT2D eigenvalue weighted by Gasteiger charge is 2.26. The number of aromatic nitrogens is 2. The number of carbonyl (C=O) groups is 2. The molecule has 1 N–H and O–H groups in total. The molecule has 0 fully saturated rings. The van der Waals surface area contributed by atoms with Crippen molar-refractivity contribution < 1.29 is 9.59 Å². The number of para-hydroxylation sites is 1. The molecule has 0 saturated heterocycles. The van der Waals surface area contributed by atoms with E-state index in [1.165, 1.54) is 0 Å². The van der Waals surface area contributed by atoms with Crippen LogP contribution in [-0.2, 0) is 13.5 Å². The SMILES string of the molecule is Cc1ccccc1C(=O)Nc1ccc(C(=O)N2CCc3cn(C)nc3-c3ccccc32)cc1. The minimum atomic E-state index is -0.167. The van der Waals surface area contributed by atoms with Crippen molar-refractivity contribution in [2.24, 2.45) is 7.05 Å². The van der Waals surface area contributed by atoms with Crippen LogP contribution in [0.4, 0.5) is 11.4 Å². The maximum atomic E-state index is 13.5. The van der Waals surface area contributed by atoms with E-state index in [1.54, 1.807) is 30.3 Å². The molecular formula is C27H24N4O2. The third-order valence-corrected chi connectivity index (χ3v) is 5.98. The Morgan fingerprint density at radius 1 is 0.939 bits per heavy atom. The molecule has 2 heterocycles. The summed E-state index contributed by atoms with van der Waals surface area (Å²) in [6, 6.07) is 22.4. The molecule has 5 rings (SSSR count). The smallest absolute Gasteiger partial charge is 0.258 e. The summed E-state index contributed by atoms with van der Waals surface area (Å²) in [7, 11) is 1.92. The maximum absolute atomic E-state index is 13.5. The average Bonchev–Trinajstić information content (AvgIpc) is 3.13. The Labute approximate surface area is 192 Å². The van der Waals surface area contributed by atoms with Gasteiger partial charge in [0.25, 0.3) is 11.8 Å². The number of aryl methyl sites for hydroxylation is 2. The fourth-order valence-electron chi connectivity index (χ4n) is 4.30. The molecule has 33 heavy (non-hydrogen) atoms. The van der Waals surface area contributed by atoms with E-state index in [4.69, 9.17) is 0 Å². The topological polar surface area (TPSA) is 67.2 Å². The number of hydrogen-bond acceptors (Lipinski definition) is 3. The third kappa shape index (κ3) is 3.91.